The van der Waals surface area contributed by atoms with Crippen LogP contribution in [0.1, 0.15) is 64.9 Å². The lowest BCUT2D eigenvalue weighted by Crippen LogP contribution is -2.25. The monoisotopic (exact) mass is 473 g/mol. The number of fused-ring (bicyclic) bond motifs is 1. The zero-order valence-corrected chi connectivity index (χ0v) is 21.3. The fraction of sp³-hybridized carbons (Fsp3) is 0.542. The summed E-state index contributed by atoms with van der Waals surface area (Å²) in [5.74, 6) is 0.308. The predicted octanol–water partition coefficient (Wildman–Crippen LogP) is 5.23. The second kappa shape index (κ2) is 9.15. The maximum Gasteiger partial charge on any atom is 0.263 e. The second-order valence-corrected chi connectivity index (χ2v) is 11.0. The van der Waals surface area contributed by atoms with E-state index >= 15 is 0 Å². The summed E-state index contributed by atoms with van der Waals surface area (Å²) < 4.78 is 9.70. The van der Waals surface area contributed by atoms with Crippen LogP contribution in [0.15, 0.2) is 16.0 Å². The van der Waals surface area contributed by atoms with Crippen molar-refractivity contribution in [3.05, 3.63) is 43.8 Å². The molecule has 6 nitrogen and oxygen atoms in total. The van der Waals surface area contributed by atoms with Gasteiger partial charge in [0, 0.05) is 41.0 Å². The average molecular weight is 474 g/mol. The van der Waals surface area contributed by atoms with Crippen molar-refractivity contribution in [2.45, 2.75) is 78.2 Å². The summed E-state index contributed by atoms with van der Waals surface area (Å²) >= 11 is 2.90. The molecule has 0 radical (unpaired) electrons. The first-order valence-electron chi connectivity index (χ1n) is 11.2. The molecule has 0 bridgehead atoms. The number of hydrogen-bond donors (Lipinski definition) is 0. The van der Waals surface area contributed by atoms with Gasteiger partial charge in [-0.2, -0.15) is 0 Å². The highest BCUT2D eigenvalue weighted by molar-refractivity contribution is 7.99. The Hall–Kier alpha value is -1.90. The fourth-order valence-corrected chi connectivity index (χ4v) is 6.49. The summed E-state index contributed by atoms with van der Waals surface area (Å²) in [4.78, 5) is 33.0. The number of Topliss-reactive ketones (excluding diaryl/α,β-unsaturated/α-hetero) is 1. The molecule has 4 heterocycles. The molecule has 8 heteroatoms. The lowest BCUT2D eigenvalue weighted by atomic mass is 10.2. The maximum atomic E-state index is 13.2. The van der Waals surface area contributed by atoms with Crippen LogP contribution in [0.25, 0.3) is 10.2 Å². The van der Waals surface area contributed by atoms with Crippen molar-refractivity contribution >= 4 is 39.1 Å². The smallest absolute Gasteiger partial charge is 0.263 e. The molecular formula is C24H31N3O3S2. The van der Waals surface area contributed by atoms with Crippen molar-refractivity contribution in [1.29, 1.82) is 0 Å². The maximum absolute atomic E-state index is 13.2. The van der Waals surface area contributed by atoms with Gasteiger partial charge in [-0.15, -0.1) is 11.3 Å². The van der Waals surface area contributed by atoms with E-state index in [0.29, 0.717) is 10.5 Å². The van der Waals surface area contributed by atoms with Crippen LogP contribution in [0.5, 0.6) is 0 Å². The van der Waals surface area contributed by atoms with Crippen LogP contribution in [-0.4, -0.2) is 38.4 Å². The van der Waals surface area contributed by atoms with Crippen LogP contribution in [0.4, 0.5) is 0 Å². The van der Waals surface area contributed by atoms with E-state index in [-0.39, 0.29) is 29.2 Å². The molecule has 3 aromatic rings. The first-order chi connectivity index (χ1) is 15.2. The van der Waals surface area contributed by atoms with Gasteiger partial charge in [-0.25, -0.2) is 4.98 Å². The third-order valence-electron chi connectivity index (χ3n) is 6.34. The minimum Gasteiger partial charge on any atom is -0.376 e. The Morgan fingerprint density at radius 3 is 2.72 bits per heavy atom. The summed E-state index contributed by atoms with van der Waals surface area (Å²) in [6.07, 6.45) is 2.40. The first kappa shape index (κ1) is 23.3. The summed E-state index contributed by atoms with van der Waals surface area (Å²) in [5, 5.41) is 1.31. The standard InChI is InChI=1S/C24H31N3O3S2/c1-13(2)27-23(29)21-15(4)17(6)32-22(21)25-24(27)31-12-20(28)19-10-14(3)26(16(19)5)11-18-8-7-9-30-18/h10,13,18H,7-9,11-12H2,1-6H3/t18-/m1/s1. The molecule has 32 heavy (non-hydrogen) atoms. The number of hydrogen-bond acceptors (Lipinski definition) is 6. The molecular weight excluding hydrogens is 442 g/mol. The predicted molar refractivity (Wildman–Crippen MR) is 132 cm³/mol. The van der Waals surface area contributed by atoms with Crippen LogP contribution in [0.2, 0.25) is 0 Å². The van der Waals surface area contributed by atoms with Gasteiger partial charge in [-0.3, -0.25) is 14.2 Å². The quantitative estimate of drug-likeness (QED) is 0.267. The number of rotatable bonds is 7. The van der Waals surface area contributed by atoms with Crippen molar-refractivity contribution in [2.24, 2.45) is 0 Å². The number of carbonyl (C=O) groups excluding carboxylic acids is 1. The highest BCUT2D eigenvalue weighted by Crippen LogP contribution is 2.30. The zero-order chi connectivity index (χ0) is 23.2. The Balaban J connectivity index is 1.59. The SMILES string of the molecule is Cc1sc2nc(SCC(=O)c3cc(C)n(C[C@H]4CCCO4)c3C)n(C(C)C)c(=O)c2c1C. The lowest BCUT2D eigenvalue weighted by Gasteiger charge is -2.15. The summed E-state index contributed by atoms with van der Waals surface area (Å²) in [7, 11) is 0. The van der Waals surface area contributed by atoms with Crippen LogP contribution >= 0.6 is 23.1 Å². The van der Waals surface area contributed by atoms with Crippen LogP contribution in [0, 0.1) is 27.7 Å². The topological polar surface area (TPSA) is 66.1 Å². The molecule has 0 spiro atoms. The number of ketones is 1. The van der Waals surface area contributed by atoms with Crippen molar-refractivity contribution in [2.75, 3.05) is 12.4 Å². The van der Waals surface area contributed by atoms with E-state index < -0.39 is 0 Å². The van der Waals surface area contributed by atoms with Gasteiger partial charge in [0.05, 0.1) is 17.2 Å². The second-order valence-electron chi connectivity index (χ2n) is 8.87. The van der Waals surface area contributed by atoms with Crippen LogP contribution < -0.4 is 5.56 Å². The molecule has 0 N–H and O–H groups in total. The molecule has 0 aromatic carbocycles. The average Bonchev–Trinajstić information content (AvgIpc) is 3.42. The molecule has 1 aliphatic rings. The largest absolute Gasteiger partial charge is 0.376 e. The van der Waals surface area contributed by atoms with Crippen LogP contribution in [-0.2, 0) is 11.3 Å². The van der Waals surface area contributed by atoms with E-state index in [1.54, 1.807) is 15.9 Å². The minimum absolute atomic E-state index is 0.0171. The number of ether oxygens (including phenoxy) is 1. The normalized spacial score (nSPS) is 16.5. The van der Waals surface area contributed by atoms with E-state index in [0.717, 1.165) is 58.2 Å². The molecule has 1 atom stereocenters. The zero-order valence-electron chi connectivity index (χ0n) is 19.7. The van der Waals surface area contributed by atoms with Gasteiger partial charge >= 0.3 is 0 Å². The Labute approximate surface area is 197 Å². The van der Waals surface area contributed by atoms with Gasteiger partial charge in [-0.1, -0.05) is 11.8 Å². The Bertz CT molecular complexity index is 1230. The van der Waals surface area contributed by atoms with E-state index in [9.17, 15) is 9.59 Å². The van der Waals surface area contributed by atoms with Gasteiger partial charge in [-0.05, 0) is 66.0 Å². The molecule has 0 aliphatic carbocycles. The van der Waals surface area contributed by atoms with E-state index in [4.69, 9.17) is 9.72 Å². The number of aryl methyl sites for hydroxylation is 3. The van der Waals surface area contributed by atoms with Gasteiger partial charge in [0.25, 0.3) is 5.56 Å². The van der Waals surface area contributed by atoms with Gasteiger partial charge in [0.1, 0.15) is 4.83 Å². The van der Waals surface area contributed by atoms with E-state index in [1.807, 2.05) is 47.6 Å². The van der Waals surface area contributed by atoms with E-state index in [2.05, 4.69) is 4.57 Å². The number of thioether (sulfide) groups is 1. The molecule has 1 fully saturated rings. The molecule has 0 amide bonds. The number of thiophene rings is 1. The lowest BCUT2D eigenvalue weighted by molar-refractivity contribution is 0.0957. The molecule has 0 unspecified atom stereocenters. The highest BCUT2D eigenvalue weighted by atomic mass is 32.2. The van der Waals surface area contributed by atoms with Gasteiger partial charge < -0.3 is 9.30 Å². The third kappa shape index (κ3) is 4.20. The number of aromatic nitrogens is 3. The van der Waals surface area contributed by atoms with Crippen LogP contribution in [0.3, 0.4) is 0 Å². The fourth-order valence-electron chi connectivity index (χ4n) is 4.41. The highest BCUT2D eigenvalue weighted by Gasteiger charge is 2.23. The molecule has 3 aromatic heterocycles. The van der Waals surface area contributed by atoms with E-state index in [1.165, 1.54) is 11.8 Å². The molecule has 4 rings (SSSR count). The molecule has 172 valence electrons. The summed E-state index contributed by atoms with van der Waals surface area (Å²) in [5.41, 5.74) is 3.79. The van der Waals surface area contributed by atoms with Gasteiger partial charge in [0.2, 0.25) is 0 Å². The summed E-state index contributed by atoms with van der Waals surface area (Å²) in [6.45, 7) is 13.6. The van der Waals surface area contributed by atoms with Crippen molar-refractivity contribution in [3.63, 3.8) is 0 Å². The Kier molecular flexibility index (Phi) is 6.66. The van der Waals surface area contributed by atoms with Gasteiger partial charge in [0.15, 0.2) is 10.9 Å². The molecule has 1 saturated heterocycles. The molecule has 0 saturated carbocycles. The van der Waals surface area contributed by atoms with Crippen molar-refractivity contribution in [3.8, 4) is 0 Å². The Morgan fingerprint density at radius 1 is 1.31 bits per heavy atom. The Morgan fingerprint density at radius 2 is 2.06 bits per heavy atom. The van der Waals surface area contributed by atoms with Crippen molar-refractivity contribution < 1.29 is 9.53 Å². The van der Waals surface area contributed by atoms with Crippen molar-refractivity contribution in [1.82, 2.24) is 14.1 Å². The molecule has 1 aliphatic heterocycles. The first-order valence-corrected chi connectivity index (χ1v) is 13.0. The third-order valence-corrected chi connectivity index (χ3v) is 8.39. The number of nitrogens with zero attached hydrogens (tertiary/aromatic N) is 3. The number of carbonyl (C=O) groups is 1. The minimum atomic E-state index is -0.0342. The summed E-state index contributed by atoms with van der Waals surface area (Å²) in [6, 6.07) is 1.94.